The second-order valence-corrected chi connectivity index (χ2v) is 8.02. The van der Waals surface area contributed by atoms with E-state index in [1.54, 1.807) is 27.0 Å². The number of hydrogen-bond acceptors (Lipinski definition) is 7. The Morgan fingerprint density at radius 2 is 1.68 bits per heavy atom. The minimum atomic E-state index is -5.08. The van der Waals surface area contributed by atoms with E-state index in [1.807, 2.05) is 6.92 Å². The summed E-state index contributed by atoms with van der Waals surface area (Å²) >= 11 is 0. The van der Waals surface area contributed by atoms with Gasteiger partial charge in [0.05, 0.1) is 26.0 Å². The van der Waals surface area contributed by atoms with E-state index in [9.17, 15) is 32.3 Å². The Kier molecular flexibility index (Phi) is 11.5. The number of aromatic nitrogens is 1. The van der Waals surface area contributed by atoms with Crippen LogP contribution >= 0.6 is 0 Å². The first-order valence-electron chi connectivity index (χ1n) is 10.9. The number of carbonyl (C=O) groups is 3. The summed E-state index contributed by atoms with van der Waals surface area (Å²) in [5.41, 5.74) is 1.71. The zero-order valence-electron chi connectivity index (χ0n) is 21.4. The highest BCUT2D eigenvalue weighted by molar-refractivity contribution is 5.96. The van der Waals surface area contributed by atoms with E-state index in [0.29, 0.717) is 11.3 Å². The van der Waals surface area contributed by atoms with Gasteiger partial charge in [0.1, 0.15) is 17.4 Å². The average Bonchev–Trinajstić information content (AvgIpc) is 2.81. The molecule has 0 radical (unpaired) electrons. The SMILES string of the molecule is COC(=O)N(c1ccc(F)c(CC(OC(C)C)C(=O)O)c1)c1ncc(C)c(OC)c1C.O=C(O)C(F)(F)F. The number of aryl methyl sites for hydroxylation is 1. The second-order valence-electron chi connectivity index (χ2n) is 8.02. The number of hydrogen-bond donors (Lipinski definition) is 2. The average molecular weight is 548 g/mol. The molecule has 1 amide bonds. The van der Waals surface area contributed by atoms with Gasteiger partial charge >= 0.3 is 24.2 Å². The molecule has 1 aromatic carbocycles. The molecule has 38 heavy (non-hydrogen) atoms. The molecule has 210 valence electrons. The molecule has 0 saturated carbocycles. The lowest BCUT2D eigenvalue weighted by Crippen LogP contribution is -2.30. The fourth-order valence-electron chi connectivity index (χ4n) is 3.23. The first-order valence-corrected chi connectivity index (χ1v) is 10.9. The van der Waals surface area contributed by atoms with Gasteiger partial charge < -0.3 is 24.4 Å². The minimum absolute atomic E-state index is 0.0798. The monoisotopic (exact) mass is 548 g/mol. The van der Waals surface area contributed by atoms with Crippen LogP contribution in [-0.4, -0.2) is 65.8 Å². The van der Waals surface area contributed by atoms with Crippen LogP contribution in [0.25, 0.3) is 0 Å². The predicted molar refractivity (Wildman–Crippen MR) is 126 cm³/mol. The van der Waals surface area contributed by atoms with Crippen molar-refractivity contribution in [1.29, 1.82) is 0 Å². The number of carboxylic acid groups (broad SMARTS) is 2. The molecule has 1 unspecified atom stereocenters. The van der Waals surface area contributed by atoms with Gasteiger partial charge in [-0.1, -0.05) is 0 Å². The highest BCUT2D eigenvalue weighted by Crippen LogP contribution is 2.35. The molecule has 2 rings (SSSR count). The number of carbonyl (C=O) groups excluding carboxylic acids is 1. The summed E-state index contributed by atoms with van der Waals surface area (Å²) < 4.78 is 62.0. The molecule has 1 atom stereocenters. The highest BCUT2D eigenvalue weighted by atomic mass is 19.4. The molecule has 0 saturated heterocycles. The van der Waals surface area contributed by atoms with E-state index < -0.39 is 36.1 Å². The molecule has 2 N–H and O–H groups in total. The van der Waals surface area contributed by atoms with Gasteiger partial charge in [-0.15, -0.1) is 0 Å². The zero-order chi connectivity index (χ0) is 29.4. The maximum absolute atomic E-state index is 14.5. The van der Waals surface area contributed by atoms with Crippen molar-refractivity contribution in [3.8, 4) is 5.75 Å². The molecule has 0 aliphatic rings. The van der Waals surface area contributed by atoms with Crippen molar-refractivity contribution in [3.63, 3.8) is 0 Å². The standard InChI is InChI=1S/C22H27FN2O6.C2HF3O2/c1-12(2)31-18(21(26)27)10-15-9-16(7-8-17(15)23)25(22(28)30-6)20-14(4)19(29-5)13(3)11-24-20;3-2(4,5)1(6)7/h7-9,11-12,18H,10H2,1-6H3,(H,26,27);(H,6,7). The number of methoxy groups -OCH3 is 2. The van der Waals surface area contributed by atoms with Crippen LogP contribution in [0.1, 0.15) is 30.5 Å². The van der Waals surface area contributed by atoms with Crippen molar-refractivity contribution in [2.75, 3.05) is 19.1 Å². The largest absolute Gasteiger partial charge is 0.496 e. The van der Waals surface area contributed by atoms with E-state index >= 15 is 0 Å². The molecule has 2 aromatic rings. The van der Waals surface area contributed by atoms with E-state index in [4.69, 9.17) is 24.1 Å². The number of ether oxygens (including phenoxy) is 3. The first kappa shape index (κ1) is 32.1. The summed E-state index contributed by atoms with van der Waals surface area (Å²) in [7, 11) is 2.73. The van der Waals surface area contributed by atoms with Crippen LogP contribution in [0.15, 0.2) is 24.4 Å². The summed E-state index contributed by atoms with van der Waals surface area (Å²) in [4.78, 5) is 38.6. The first-order chi connectivity index (χ1) is 17.5. The van der Waals surface area contributed by atoms with Crippen LogP contribution < -0.4 is 9.64 Å². The summed E-state index contributed by atoms with van der Waals surface area (Å²) in [5, 5.41) is 16.5. The van der Waals surface area contributed by atoms with Gasteiger partial charge in [-0.2, -0.15) is 13.2 Å². The molecule has 0 bridgehead atoms. The van der Waals surface area contributed by atoms with Gasteiger partial charge in [-0.3, -0.25) is 0 Å². The number of anilines is 2. The Balaban J connectivity index is 0.000000905. The molecule has 1 heterocycles. The van der Waals surface area contributed by atoms with Gasteiger partial charge in [0, 0.05) is 23.7 Å². The lowest BCUT2D eigenvalue weighted by Gasteiger charge is -2.24. The van der Waals surface area contributed by atoms with E-state index in [1.165, 1.54) is 31.3 Å². The second kappa shape index (κ2) is 13.6. The van der Waals surface area contributed by atoms with Crippen molar-refractivity contribution in [2.45, 2.75) is 52.5 Å². The molecule has 0 aliphatic carbocycles. The van der Waals surface area contributed by atoms with E-state index in [2.05, 4.69) is 4.98 Å². The molecule has 14 heteroatoms. The lowest BCUT2D eigenvalue weighted by atomic mass is 10.1. The number of halogens is 4. The van der Waals surface area contributed by atoms with Crippen molar-refractivity contribution in [2.24, 2.45) is 0 Å². The Bertz CT molecular complexity index is 1150. The van der Waals surface area contributed by atoms with Crippen molar-refractivity contribution >= 4 is 29.5 Å². The topological polar surface area (TPSA) is 135 Å². The molecular weight excluding hydrogens is 520 g/mol. The van der Waals surface area contributed by atoms with Gasteiger partial charge in [0.15, 0.2) is 6.10 Å². The summed E-state index contributed by atoms with van der Waals surface area (Å²) in [6.07, 6.45) is -6.08. The Morgan fingerprint density at radius 3 is 2.13 bits per heavy atom. The Hall–Kier alpha value is -3.94. The van der Waals surface area contributed by atoms with Gasteiger partial charge in [-0.25, -0.2) is 28.7 Å². The number of benzene rings is 1. The number of nitrogens with zero attached hydrogens (tertiary/aromatic N) is 2. The number of rotatable bonds is 8. The van der Waals surface area contributed by atoms with E-state index in [-0.39, 0.29) is 29.6 Å². The highest BCUT2D eigenvalue weighted by Gasteiger charge is 2.38. The van der Waals surface area contributed by atoms with E-state index in [0.717, 1.165) is 11.6 Å². The van der Waals surface area contributed by atoms with Gasteiger partial charge in [0.25, 0.3) is 0 Å². The predicted octanol–water partition coefficient (Wildman–Crippen LogP) is 4.80. The smallest absolute Gasteiger partial charge is 0.490 e. The van der Waals surface area contributed by atoms with Crippen LogP contribution in [0.3, 0.4) is 0 Å². The maximum Gasteiger partial charge on any atom is 0.490 e. The number of carboxylic acids is 2. The molecule has 0 spiro atoms. The third-order valence-corrected chi connectivity index (χ3v) is 4.83. The number of pyridine rings is 1. The van der Waals surface area contributed by atoms with Gasteiger partial charge in [-0.05, 0) is 51.5 Å². The Morgan fingerprint density at radius 1 is 1.11 bits per heavy atom. The summed E-state index contributed by atoms with van der Waals surface area (Å²) in [6, 6.07) is 3.94. The normalized spacial score (nSPS) is 11.8. The summed E-state index contributed by atoms with van der Waals surface area (Å²) in [6.45, 7) is 6.95. The molecule has 0 aliphatic heterocycles. The fourth-order valence-corrected chi connectivity index (χ4v) is 3.23. The van der Waals surface area contributed by atoms with Crippen molar-refractivity contribution in [3.05, 3.63) is 46.9 Å². The quantitative estimate of drug-likeness (QED) is 0.446. The molecular formula is C24H28F4N2O8. The number of amides is 1. The minimum Gasteiger partial charge on any atom is -0.496 e. The third kappa shape index (κ3) is 8.57. The van der Waals surface area contributed by atoms with Crippen LogP contribution in [0.5, 0.6) is 5.75 Å². The van der Waals surface area contributed by atoms with Crippen LogP contribution in [0, 0.1) is 19.7 Å². The summed E-state index contributed by atoms with van der Waals surface area (Å²) in [5.74, 6) is -3.77. The van der Waals surface area contributed by atoms with Crippen molar-refractivity contribution < 1.29 is 56.4 Å². The number of aliphatic carboxylic acids is 2. The molecule has 1 aromatic heterocycles. The lowest BCUT2D eigenvalue weighted by molar-refractivity contribution is -0.192. The van der Waals surface area contributed by atoms with Crippen LogP contribution in [0.2, 0.25) is 0 Å². The molecule has 0 fully saturated rings. The van der Waals surface area contributed by atoms with Crippen LogP contribution in [-0.2, 0) is 25.5 Å². The van der Waals surface area contributed by atoms with Crippen LogP contribution in [0.4, 0.5) is 33.9 Å². The fraction of sp³-hybridized carbons (Fsp3) is 0.417. The zero-order valence-corrected chi connectivity index (χ0v) is 21.4. The Labute approximate surface area is 215 Å². The number of alkyl halides is 3. The van der Waals surface area contributed by atoms with Crippen molar-refractivity contribution in [1.82, 2.24) is 4.98 Å². The maximum atomic E-state index is 14.5. The van der Waals surface area contributed by atoms with Gasteiger partial charge in [0.2, 0.25) is 0 Å². The molecule has 10 nitrogen and oxygen atoms in total. The third-order valence-electron chi connectivity index (χ3n) is 4.83.